The first-order valence-corrected chi connectivity index (χ1v) is 14.1. The second kappa shape index (κ2) is 12.2. The van der Waals surface area contributed by atoms with Gasteiger partial charge in [0.25, 0.3) is 5.91 Å². The number of carbonyl (C=O) groups is 2. The number of piperazine rings is 1. The van der Waals surface area contributed by atoms with Crippen molar-refractivity contribution in [3.63, 3.8) is 0 Å². The summed E-state index contributed by atoms with van der Waals surface area (Å²) in [6, 6.07) is 7.29. The Labute approximate surface area is 216 Å². The summed E-state index contributed by atoms with van der Waals surface area (Å²) in [7, 11) is -0.906. The smallest absolute Gasteiger partial charge is 0.276 e. The summed E-state index contributed by atoms with van der Waals surface area (Å²) in [6.45, 7) is 5.06. The van der Waals surface area contributed by atoms with Gasteiger partial charge in [-0.3, -0.25) is 24.1 Å². The molecule has 1 aliphatic heterocycles. The van der Waals surface area contributed by atoms with Crippen LogP contribution in [0.15, 0.2) is 42.0 Å². The molecule has 1 N–H and O–H groups in total. The molecule has 1 unspecified atom stereocenters. The maximum Gasteiger partial charge on any atom is 0.276 e. The van der Waals surface area contributed by atoms with Gasteiger partial charge in [-0.2, -0.15) is 0 Å². The molecule has 10 nitrogen and oxygen atoms in total. The number of hydrogen-bond donors (Lipinski definition) is 1. The summed E-state index contributed by atoms with van der Waals surface area (Å²) in [5, 5.41) is 5.12. The topological polar surface area (TPSA) is 118 Å². The number of thiazole rings is 1. The fraction of sp³-hybridized carbons (Fsp3) is 0.375. The van der Waals surface area contributed by atoms with E-state index in [1.165, 1.54) is 11.3 Å². The highest BCUT2D eigenvalue weighted by Gasteiger charge is 2.20. The van der Waals surface area contributed by atoms with Crippen LogP contribution in [0.1, 0.15) is 23.1 Å². The van der Waals surface area contributed by atoms with E-state index in [1.54, 1.807) is 31.6 Å². The first kappa shape index (κ1) is 25.9. The third-order valence-electron chi connectivity index (χ3n) is 5.72. The second-order valence-corrected chi connectivity index (χ2v) is 10.6. The number of aromatic nitrogens is 3. The normalized spacial score (nSPS) is 14.5. The SMILES string of the molecule is CC(=O)N1CCN(c2ccc(C(=O)Nc3nc(-c4cccnc4COCCS(C)=O)cs3)nc2)CC1. The Morgan fingerprint density at radius 3 is 2.67 bits per heavy atom. The van der Waals surface area contributed by atoms with Crippen molar-refractivity contribution in [3.8, 4) is 11.3 Å². The Morgan fingerprint density at radius 1 is 1.17 bits per heavy atom. The van der Waals surface area contributed by atoms with E-state index < -0.39 is 10.8 Å². The highest BCUT2D eigenvalue weighted by atomic mass is 32.2. The number of pyridine rings is 2. The van der Waals surface area contributed by atoms with Crippen LogP contribution < -0.4 is 10.2 Å². The predicted octanol–water partition coefficient (Wildman–Crippen LogP) is 2.42. The monoisotopic (exact) mass is 528 g/mol. The first-order chi connectivity index (χ1) is 17.4. The first-order valence-electron chi connectivity index (χ1n) is 11.5. The van der Waals surface area contributed by atoms with Crippen LogP contribution in [0, 0.1) is 0 Å². The molecule has 0 bridgehead atoms. The van der Waals surface area contributed by atoms with Crippen LogP contribution in [0.2, 0.25) is 0 Å². The summed E-state index contributed by atoms with van der Waals surface area (Å²) in [4.78, 5) is 41.5. The van der Waals surface area contributed by atoms with E-state index in [0.717, 1.165) is 30.0 Å². The molecule has 12 heteroatoms. The molecule has 0 radical (unpaired) electrons. The maximum absolute atomic E-state index is 12.7. The van der Waals surface area contributed by atoms with Crippen LogP contribution in [-0.2, 0) is 26.9 Å². The van der Waals surface area contributed by atoms with Gasteiger partial charge >= 0.3 is 0 Å². The molecule has 190 valence electrons. The van der Waals surface area contributed by atoms with E-state index in [-0.39, 0.29) is 18.4 Å². The number of ether oxygens (including phenoxy) is 1. The molecular formula is C24H28N6O4S2. The van der Waals surface area contributed by atoms with Crippen molar-refractivity contribution < 1.29 is 18.5 Å². The second-order valence-electron chi connectivity index (χ2n) is 8.21. The van der Waals surface area contributed by atoms with E-state index in [0.29, 0.717) is 42.0 Å². The minimum atomic E-state index is -0.906. The average Bonchev–Trinajstić information content (AvgIpc) is 3.35. The quantitative estimate of drug-likeness (QED) is 0.421. The van der Waals surface area contributed by atoms with Gasteiger partial charge in [0.05, 0.1) is 36.5 Å². The van der Waals surface area contributed by atoms with Gasteiger partial charge in [-0.1, -0.05) is 0 Å². The van der Waals surface area contributed by atoms with Gasteiger partial charge in [0.15, 0.2) is 5.13 Å². The van der Waals surface area contributed by atoms with E-state index >= 15 is 0 Å². The number of amides is 2. The zero-order valence-corrected chi connectivity index (χ0v) is 21.8. The highest BCUT2D eigenvalue weighted by Crippen LogP contribution is 2.27. The number of nitrogens with zero attached hydrogens (tertiary/aromatic N) is 5. The molecule has 0 aromatic carbocycles. The minimum Gasteiger partial charge on any atom is -0.374 e. The third kappa shape index (κ3) is 6.71. The van der Waals surface area contributed by atoms with E-state index in [9.17, 15) is 13.8 Å². The molecule has 3 aromatic heterocycles. The minimum absolute atomic E-state index is 0.0870. The van der Waals surface area contributed by atoms with Crippen molar-refractivity contribution in [3.05, 3.63) is 53.4 Å². The molecule has 1 saturated heterocycles. The van der Waals surface area contributed by atoms with Crippen molar-refractivity contribution >= 4 is 44.8 Å². The molecule has 0 saturated carbocycles. The molecule has 3 aromatic rings. The lowest BCUT2D eigenvalue weighted by molar-refractivity contribution is -0.129. The van der Waals surface area contributed by atoms with Crippen molar-refractivity contribution in [2.45, 2.75) is 13.5 Å². The number of nitrogens with one attached hydrogen (secondary N) is 1. The van der Waals surface area contributed by atoms with E-state index in [1.807, 2.05) is 28.5 Å². The van der Waals surface area contributed by atoms with Gasteiger partial charge in [-0.05, 0) is 24.3 Å². The summed E-state index contributed by atoms with van der Waals surface area (Å²) in [5.74, 6) is 0.218. The zero-order valence-electron chi connectivity index (χ0n) is 20.2. The van der Waals surface area contributed by atoms with Crippen molar-refractivity contribution in [2.75, 3.05) is 55.0 Å². The summed E-state index contributed by atoms with van der Waals surface area (Å²) >= 11 is 1.32. The number of rotatable bonds is 9. The molecule has 4 heterocycles. The van der Waals surface area contributed by atoms with E-state index in [4.69, 9.17) is 4.74 Å². The molecule has 0 aliphatic carbocycles. The van der Waals surface area contributed by atoms with Crippen molar-refractivity contribution in [1.82, 2.24) is 19.9 Å². The lowest BCUT2D eigenvalue weighted by atomic mass is 10.1. The Hall–Kier alpha value is -3.22. The van der Waals surface area contributed by atoms with Gasteiger partial charge in [0.2, 0.25) is 5.91 Å². The van der Waals surface area contributed by atoms with Crippen LogP contribution >= 0.6 is 11.3 Å². The maximum atomic E-state index is 12.7. The summed E-state index contributed by atoms with van der Waals surface area (Å²) in [6.07, 6.45) is 5.01. The largest absolute Gasteiger partial charge is 0.374 e. The van der Waals surface area contributed by atoms with E-state index in [2.05, 4.69) is 25.2 Å². The van der Waals surface area contributed by atoms with Crippen LogP contribution in [0.4, 0.5) is 10.8 Å². The molecule has 2 amide bonds. The molecule has 1 aliphatic rings. The van der Waals surface area contributed by atoms with Gasteiger partial charge in [0, 0.05) is 73.1 Å². The van der Waals surface area contributed by atoms with Crippen molar-refractivity contribution in [2.24, 2.45) is 0 Å². The number of anilines is 2. The molecule has 1 fully saturated rings. The zero-order chi connectivity index (χ0) is 25.5. The molecule has 1 atom stereocenters. The molecule has 4 rings (SSSR count). The van der Waals surface area contributed by atoms with Gasteiger partial charge in [0.1, 0.15) is 5.69 Å². The Kier molecular flexibility index (Phi) is 8.73. The Balaban J connectivity index is 1.36. The van der Waals surface area contributed by atoms with Gasteiger partial charge in [-0.15, -0.1) is 11.3 Å². The van der Waals surface area contributed by atoms with Crippen molar-refractivity contribution in [1.29, 1.82) is 0 Å². The van der Waals surface area contributed by atoms with Crippen LogP contribution in [0.25, 0.3) is 11.3 Å². The third-order valence-corrected chi connectivity index (χ3v) is 7.21. The molecular weight excluding hydrogens is 500 g/mol. The van der Waals surface area contributed by atoms with Crippen LogP contribution in [0.5, 0.6) is 0 Å². The lowest BCUT2D eigenvalue weighted by Gasteiger charge is -2.35. The highest BCUT2D eigenvalue weighted by molar-refractivity contribution is 7.84. The van der Waals surface area contributed by atoms with Crippen LogP contribution in [-0.4, -0.2) is 80.7 Å². The standard InChI is InChI=1S/C24H28N6O4S2/c1-17(31)29-8-10-30(11-9-29)18-5-6-20(26-14-18)23(32)28-24-27-22(16-35-24)19-4-3-7-25-21(19)15-34-12-13-36(2)33/h3-7,14,16H,8-13,15H2,1-2H3,(H,27,28,32). The Bertz CT molecular complexity index is 1230. The summed E-state index contributed by atoms with van der Waals surface area (Å²) < 4.78 is 16.8. The molecule has 0 spiro atoms. The number of carbonyl (C=O) groups excluding carboxylic acids is 2. The predicted molar refractivity (Wildman–Crippen MR) is 141 cm³/mol. The number of hydrogen-bond acceptors (Lipinski definition) is 9. The average molecular weight is 529 g/mol. The fourth-order valence-corrected chi connectivity index (χ4v) is 4.79. The van der Waals surface area contributed by atoms with Gasteiger partial charge in [-0.25, -0.2) is 9.97 Å². The van der Waals surface area contributed by atoms with Crippen LogP contribution in [0.3, 0.4) is 0 Å². The van der Waals surface area contributed by atoms with Gasteiger partial charge < -0.3 is 14.5 Å². The lowest BCUT2D eigenvalue weighted by Crippen LogP contribution is -2.48. The Morgan fingerprint density at radius 2 is 1.97 bits per heavy atom. The fourth-order valence-electron chi connectivity index (χ4n) is 3.73. The molecule has 36 heavy (non-hydrogen) atoms. The summed E-state index contributed by atoms with van der Waals surface area (Å²) in [5.41, 5.74) is 3.45.